The van der Waals surface area contributed by atoms with Crippen molar-refractivity contribution in [1.82, 2.24) is 10.2 Å². The summed E-state index contributed by atoms with van der Waals surface area (Å²) in [4.78, 5) is 5.47. The van der Waals surface area contributed by atoms with E-state index >= 15 is 0 Å². The number of hydroxylamine groups is 1. The first-order chi connectivity index (χ1) is 10.2. The van der Waals surface area contributed by atoms with Crippen molar-refractivity contribution in [3.05, 3.63) is 48.3 Å². The molecule has 1 heterocycles. The van der Waals surface area contributed by atoms with Gasteiger partial charge in [0.05, 0.1) is 23.5 Å². The highest BCUT2D eigenvalue weighted by Crippen LogP contribution is 2.29. The number of hydrogen-bond acceptors (Lipinski definition) is 3. The van der Waals surface area contributed by atoms with Crippen molar-refractivity contribution in [1.29, 1.82) is 0 Å². The van der Waals surface area contributed by atoms with Crippen LogP contribution in [-0.4, -0.2) is 23.9 Å². The fourth-order valence-corrected chi connectivity index (χ4v) is 2.29. The van der Waals surface area contributed by atoms with Gasteiger partial charge in [0.1, 0.15) is 5.82 Å². The number of fused-ring (bicyclic) bond motifs is 1. The van der Waals surface area contributed by atoms with E-state index in [4.69, 9.17) is 4.84 Å². The summed E-state index contributed by atoms with van der Waals surface area (Å²) >= 11 is 0. The molecule has 0 radical (unpaired) electrons. The number of aromatic nitrogens is 2. The molecule has 0 aliphatic carbocycles. The lowest BCUT2D eigenvalue weighted by Gasteiger charge is -2.17. The summed E-state index contributed by atoms with van der Waals surface area (Å²) in [5.41, 5.74) is 3.55. The highest BCUT2D eigenvalue weighted by Gasteiger charge is 2.10. The first-order valence-corrected chi connectivity index (χ1v) is 6.79. The Kier molecular flexibility index (Phi) is 3.58. The van der Waals surface area contributed by atoms with Crippen LogP contribution in [0.25, 0.3) is 22.2 Å². The fourth-order valence-electron chi connectivity index (χ4n) is 2.29. The Morgan fingerprint density at radius 3 is 2.67 bits per heavy atom. The van der Waals surface area contributed by atoms with E-state index in [-0.39, 0.29) is 5.82 Å². The van der Waals surface area contributed by atoms with E-state index in [1.807, 2.05) is 32.2 Å². The number of H-pyrrole nitrogens is 1. The van der Waals surface area contributed by atoms with E-state index in [9.17, 15) is 4.39 Å². The molecule has 3 aromatic rings. The summed E-state index contributed by atoms with van der Waals surface area (Å²) in [5.74, 6) is -0.254. The van der Waals surface area contributed by atoms with Crippen LogP contribution < -0.4 is 5.06 Å². The monoisotopic (exact) mass is 285 g/mol. The van der Waals surface area contributed by atoms with Crippen LogP contribution in [0.5, 0.6) is 0 Å². The summed E-state index contributed by atoms with van der Waals surface area (Å²) in [6, 6.07) is 12.3. The van der Waals surface area contributed by atoms with E-state index in [2.05, 4.69) is 10.2 Å². The number of rotatable bonds is 4. The first-order valence-electron chi connectivity index (χ1n) is 6.79. The predicted molar refractivity (Wildman–Crippen MR) is 81.5 cm³/mol. The third kappa shape index (κ3) is 2.60. The molecular formula is C16H16FN3O. The van der Waals surface area contributed by atoms with Gasteiger partial charge < -0.3 is 0 Å². The third-order valence-electron chi connectivity index (χ3n) is 3.35. The molecule has 0 spiro atoms. The molecule has 0 bridgehead atoms. The molecule has 1 aromatic heterocycles. The van der Waals surface area contributed by atoms with Crippen LogP contribution in [-0.2, 0) is 4.84 Å². The van der Waals surface area contributed by atoms with Gasteiger partial charge in [-0.05, 0) is 49.4 Å². The van der Waals surface area contributed by atoms with Crippen molar-refractivity contribution in [3.8, 4) is 11.3 Å². The van der Waals surface area contributed by atoms with Crippen LogP contribution in [0.1, 0.15) is 6.92 Å². The van der Waals surface area contributed by atoms with Gasteiger partial charge in [0.15, 0.2) is 0 Å². The summed E-state index contributed by atoms with van der Waals surface area (Å²) in [6.07, 6.45) is 0. The zero-order chi connectivity index (χ0) is 14.8. The number of anilines is 1. The second-order valence-corrected chi connectivity index (χ2v) is 4.72. The molecule has 0 aliphatic rings. The molecule has 2 aromatic carbocycles. The van der Waals surface area contributed by atoms with Gasteiger partial charge >= 0.3 is 0 Å². The Bertz CT molecular complexity index is 752. The standard InChI is InChI=1S/C16H16FN3O/c1-3-21-20(2)13-8-9-15-14(10-13)16(19-18-15)11-4-6-12(17)7-5-11/h4-10H,3H2,1-2H3,(H,18,19). The van der Waals surface area contributed by atoms with Gasteiger partial charge in [-0.1, -0.05) is 0 Å². The molecule has 108 valence electrons. The van der Waals surface area contributed by atoms with Crippen LogP contribution in [0.15, 0.2) is 42.5 Å². The molecule has 0 saturated carbocycles. The molecule has 3 rings (SSSR count). The van der Waals surface area contributed by atoms with Crippen molar-refractivity contribution in [2.24, 2.45) is 0 Å². The van der Waals surface area contributed by atoms with Gasteiger partial charge in [-0.25, -0.2) is 4.39 Å². The molecule has 0 fully saturated rings. The SMILES string of the molecule is CCON(C)c1ccc2[nH]nc(-c3ccc(F)cc3)c2c1. The number of benzene rings is 2. The lowest BCUT2D eigenvalue weighted by atomic mass is 10.1. The molecule has 4 nitrogen and oxygen atoms in total. The number of hydrogen-bond donors (Lipinski definition) is 1. The number of aromatic amines is 1. The zero-order valence-corrected chi connectivity index (χ0v) is 11.9. The van der Waals surface area contributed by atoms with Gasteiger partial charge in [-0.2, -0.15) is 5.10 Å². The van der Waals surface area contributed by atoms with Crippen LogP contribution in [0.2, 0.25) is 0 Å². The minimum Gasteiger partial charge on any atom is -0.277 e. The lowest BCUT2D eigenvalue weighted by Crippen LogP contribution is -2.17. The normalized spacial score (nSPS) is 11.0. The van der Waals surface area contributed by atoms with Gasteiger partial charge in [0.2, 0.25) is 0 Å². The molecule has 1 N–H and O–H groups in total. The van der Waals surface area contributed by atoms with Crippen LogP contribution in [0.4, 0.5) is 10.1 Å². The largest absolute Gasteiger partial charge is 0.277 e. The quantitative estimate of drug-likeness (QED) is 0.742. The molecule has 21 heavy (non-hydrogen) atoms. The predicted octanol–water partition coefficient (Wildman–Crippen LogP) is 3.76. The Labute approximate surface area is 122 Å². The smallest absolute Gasteiger partial charge is 0.123 e. The molecule has 5 heteroatoms. The molecule has 0 amide bonds. The number of nitrogens with zero attached hydrogens (tertiary/aromatic N) is 2. The summed E-state index contributed by atoms with van der Waals surface area (Å²) in [6.45, 7) is 2.54. The summed E-state index contributed by atoms with van der Waals surface area (Å²) in [5, 5.41) is 10.0. The van der Waals surface area contributed by atoms with Crippen molar-refractivity contribution in [3.63, 3.8) is 0 Å². The molecular weight excluding hydrogens is 269 g/mol. The maximum atomic E-state index is 13.0. The van der Waals surface area contributed by atoms with E-state index in [1.54, 1.807) is 17.2 Å². The Hall–Kier alpha value is -2.40. The minimum absolute atomic E-state index is 0.254. The zero-order valence-electron chi connectivity index (χ0n) is 11.9. The van der Waals surface area contributed by atoms with Crippen LogP contribution >= 0.6 is 0 Å². The van der Waals surface area contributed by atoms with Gasteiger partial charge in [-0.15, -0.1) is 0 Å². The van der Waals surface area contributed by atoms with Crippen molar-refractivity contribution in [2.75, 3.05) is 18.7 Å². The second kappa shape index (κ2) is 5.54. The van der Waals surface area contributed by atoms with E-state index in [0.717, 1.165) is 27.8 Å². The summed E-state index contributed by atoms with van der Waals surface area (Å²) in [7, 11) is 1.86. The third-order valence-corrected chi connectivity index (χ3v) is 3.35. The maximum Gasteiger partial charge on any atom is 0.123 e. The van der Waals surface area contributed by atoms with Crippen LogP contribution in [0, 0.1) is 5.82 Å². The van der Waals surface area contributed by atoms with E-state index in [1.165, 1.54) is 12.1 Å². The molecule has 0 aliphatic heterocycles. The Morgan fingerprint density at radius 1 is 1.19 bits per heavy atom. The van der Waals surface area contributed by atoms with E-state index in [0.29, 0.717) is 6.61 Å². The minimum atomic E-state index is -0.254. The maximum absolute atomic E-state index is 13.0. The first kappa shape index (κ1) is 13.6. The molecule has 0 saturated heterocycles. The topological polar surface area (TPSA) is 41.1 Å². The highest BCUT2D eigenvalue weighted by molar-refractivity contribution is 5.94. The average molecular weight is 285 g/mol. The molecule has 0 unspecified atom stereocenters. The van der Waals surface area contributed by atoms with Gasteiger partial charge in [0, 0.05) is 18.0 Å². The Morgan fingerprint density at radius 2 is 1.95 bits per heavy atom. The van der Waals surface area contributed by atoms with Crippen LogP contribution in [0.3, 0.4) is 0 Å². The summed E-state index contributed by atoms with van der Waals surface area (Å²) < 4.78 is 13.0. The second-order valence-electron chi connectivity index (χ2n) is 4.72. The Balaban J connectivity index is 2.07. The highest BCUT2D eigenvalue weighted by atomic mass is 19.1. The number of halogens is 1. The van der Waals surface area contributed by atoms with E-state index < -0.39 is 0 Å². The molecule has 0 atom stereocenters. The fraction of sp³-hybridized carbons (Fsp3) is 0.188. The van der Waals surface area contributed by atoms with Gasteiger partial charge in [-0.3, -0.25) is 15.0 Å². The van der Waals surface area contributed by atoms with Gasteiger partial charge in [0.25, 0.3) is 0 Å². The average Bonchev–Trinajstić information content (AvgIpc) is 2.91. The lowest BCUT2D eigenvalue weighted by molar-refractivity contribution is 0.135. The van der Waals surface area contributed by atoms with Crippen molar-refractivity contribution in [2.45, 2.75) is 6.92 Å². The van der Waals surface area contributed by atoms with Crippen molar-refractivity contribution < 1.29 is 9.23 Å². The van der Waals surface area contributed by atoms with Crippen molar-refractivity contribution >= 4 is 16.6 Å². The number of nitrogens with one attached hydrogen (secondary N) is 1.